The minimum absolute atomic E-state index is 0.496. The number of fused-ring (bicyclic) bond motifs is 3. The molecule has 0 amide bonds. The van der Waals surface area contributed by atoms with Crippen LogP contribution >= 0.6 is 0 Å². The first kappa shape index (κ1) is 15.8. The summed E-state index contributed by atoms with van der Waals surface area (Å²) >= 11 is 0. The van der Waals surface area contributed by atoms with Crippen LogP contribution in [0.25, 0.3) is 16.3 Å². The molecule has 0 heterocycles. The van der Waals surface area contributed by atoms with E-state index in [1.807, 2.05) is 0 Å². The standard InChI is InChI=1S/C24H23N/c1-16-7-3-4-9-19(16)15-23(25)21-13-11-17(2)24-20-10-6-5-8-18(20)12-14-22(21)24/h3-10,12-14,17,25H,11,15H2,1-2H3. The maximum absolute atomic E-state index is 8.75. The fourth-order valence-corrected chi connectivity index (χ4v) is 3.96. The maximum Gasteiger partial charge on any atom is 0.0433 e. The van der Waals surface area contributed by atoms with E-state index in [9.17, 15) is 0 Å². The van der Waals surface area contributed by atoms with Crippen LogP contribution in [0, 0.1) is 12.3 Å². The third-order valence-electron chi connectivity index (χ3n) is 5.38. The smallest absolute Gasteiger partial charge is 0.0433 e. The highest BCUT2D eigenvalue weighted by molar-refractivity contribution is 6.24. The van der Waals surface area contributed by atoms with Gasteiger partial charge in [0.2, 0.25) is 0 Å². The lowest BCUT2D eigenvalue weighted by atomic mass is 9.79. The van der Waals surface area contributed by atoms with Crippen LogP contribution in [0.3, 0.4) is 0 Å². The number of aryl methyl sites for hydroxylation is 1. The molecule has 1 atom stereocenters. The van der Waals surface area contributed by atoms with Crippen LogP contribution in [-0.4, -0.2) is 5.71 Å². The van der Waals surface area contributed by atoms with Gasteiger partial charge < -0.3 is 5.41 Å². The summed E-state index contributed by atoms with van der Waals surface area (Å²) in [5.41, 5.74) is 6.99. The number of allylic oxidation sites excluding steroid dienone is 2. The minimum atomic E-state index is 0.496. The second-order valence-corrected chi connectivity index (χ2v) is 7.08. The van der Waals surface area contributed by atoms with Crippen molar-refractivity contribution >= 4 is 22.1 Å². The number of hydrogen-bond acceptors (Lipinski definition) is 1. The molecule has 0 aliphatic heterocycles. The molecule has 0 bridgehead atoms. The van der Waals surface area contributed by atoms with Gasteiger partial charge in [0.1, 0.15) is 0 Å². The molecule has 0 radical (unpaired) electrons. The molecular formula is C24H23N. The Morgan fingerprint density at radius 2 is 1.76 bits per heavy atom. The molecule has 0 fully saturated rings. The molecule has 1 unspecified atom stereocenters. The molecule has 124 valence electrons. The SMILES string of the molecule is Cc1ccccc1CC(=N)C1=CCC(C)c2c1ccc1ccccc21. The summed E-state index contributed by atoms with van der Waals surface area (Å²) in [6.07, 6.45) is 3.97. The fraction of sp³-hybridized carbons (Fsp3) is 0.208. The van der Waals surface area contributed by atoms with Crippen LogP contribution in [0.5, 0.6) is 0 Å². The molecule has 3 aromatic rings. The summed E-state index contributed by atoms with van der Waals surface area (Å²) in [5, 5.41) is 11.4. The van der Waals surface area contributed by atoms with Crippen molar-refractivity contribution in [3.05, 3.63) is 89.0 Å². The highest BCUT2D eigenvalue weighted by Crippen LogP contribution is 2.39. The summed E-state index contributed by atoms with van der Waals surface area (Å²) in [4.78, 5) is 0. The zero-order chi connectivity index (χ0) is 17.4. The topological polar surface area (TPSA) is 23.9 Å². The zero-order valence-corrected chi connectivity index (χ0v) is 14.8. The molecule has 0 saturated carbocycles. The molecule has 3 aromatic carbocycles. The van der Waals surface area contributed by atoms with Crippen molar-refractivity contribution in [1.29, 1.82) is 5.41 Å². The largest absolute Gasteiger partial charge is 0.304 e. The van der Waals surface area contributed by atoms with E-state index in [1.54, 1.807) is 0 Å². The lowest BCUT2D eigenvalue weighted by Crippen LogP contribution is -2.13. The molecule has 1 aliphatic rings. The first-order valence-corrected chi connectivity index (χ1v) is 8.99. The van der Waals surface area contributed by atoms with Crippen LogP contribution < -0.4 is 0 Å². The molecule has 0 saturated heterocycles. The Balaban J connectivity index is 1.77. The van der Waals surface area contributed by atoms with Crippen molar-refractivity contribution < 1.29 is 0 Å². The predicted molar refractivity (Wildman–Crippen MR) is 108 cm³/mol. The van der Waals surface area contributed by atoms with Gasteiger partial charge in [-0.05, 0) is 57.9 Å². The van der Waals surface area contributed by atoms with E-state index >= 15 is 0 Å². The predicted octanol–water partition coefficient (Wildman–Crippen LogP) is 6.30. The van der Waals surface area contributed by atoms with Gasteiger partial charge in [-0.3, -0.25) is 0 Å². The summed E-state index contributed by atoms with van der Waals surface area (Å²) in [6, 6.07) is 21.4. The maximum atomic E-state index is 8.75. The third-order valence-corrected chi connectivity index (χ3v) is 5.38. The molecular weight excluding hydrogens is 302 g/mol. The van der Waals surface area contributed by atoms with Gasteiger partial charge in [-0.25, -0.2) is 0 Å². The van der Waals surface area contributed by atoms with E-state index in [4.69, 9.17) is 5.41 Å². The van der Waals surface area contributed by atoms with E-state index < -0.39 is 0 Å². The summed E-state index contributed by atoms with van der Waals surface area (Å²) in [5.74, 6) is 0.496. The van der Waals surface area contributed by atoms with Gasteiger partial charge in [0, 0.05) is 12.1 Å². The van der Waals surface area contributed by atoms with Gasteiger partial charge in [-0.15, -0.1) is 0 Å². The fourth-order valence-electron chi connectivity index (χ4n) is 3.96. The Kier molecular flexibility index (Phi) is 4.01. The van der Waals surface area contributed by atoms with Crippen LogP contribution in [0.4, 0.5) is 0 Å². The van der Waals surface area contributed by atoms with Crippen LogP contribution in [0.15, 0.2) is 66.7 Å². The Morgan fingerprint density at radius 1 is 1.00 bits per heavy atom. The lowest BCUT2D eigenvalue weighted by molar-refractivity contribution is 0.777. The average molecular weight is 325 g/mol. The summed E-state index contributed by atoms with van der Waals surface area (Å²) < 4.78 is 0. The van der Waals surface area contributed by atoms with Crippen molar-refractivity contribution in [1.82, 2.24) is 0 Å². The van der Waals surface area contributed by atoms with E-state index in [2.05, 4.69) is 80.6 Å². The Bertz CT molecular complexity index is 994. The number of hydrogen-bond donors (Lipinski definition) is 1. The van der Waals surface area contributed by atoms with E-state index in [0.717, 1.165) is 17.7 Å². The molecule has 1 heteroatoms. The van der Waals surface area contributed by atoms with Gasteiger partial charge in [0.25, 0.3) is 0 Å². The molecule has 1 aliphatic carbocycles. The van der Waals surface area contributed by atoms with Crippen molar-refractivity contribution in [3.63, 3.8) is 0 Å². The number of rotatable bonds is 3. The first-order chi connectivity index (χ1) is 12.1. The number of nitrogens with one attached hydrogen (secondary N) is 1. The van der Waals surface area contributed by atoms with E-state index in [1.165, 1.54) is 33.0 Å². The highest BCUT2D eigenvalue weighted by Gasteiger charge is 2.23. The second-order valence-electron chi connectivity index (χ2n) is 7.08. The third kappa shape index (κ3) is 2.80. The van der Waals surface area contributed by atoms with Gasteiger partial charge in [-0.1, -0.05) is 73.7 Å². The second kappa shape index (κ2) is 6.33. The Hall–Kier alpha value is -2.67. The van der Waals surface area contributed by atoms with Crippen molar-refractivity contribution in [3.8, 4) is 0 Å². The van der Waals surface area contributed by atoms with Crippen molar-refractivity contribution in [2.24, 2.45) is 0 Å². The van der Waals surface area contributed by atoms with Gasteiger partial charge in [0.05, 0.1) is 0 Å². The van der Waals surface area contributed by atoms with E-state index in [-0.39, 0.29) is 0 Å². The molecule has 4 rings (SSSR count). The monoisotopic (exact) mass is 325 g/mol. The van der Waals surface area contributed by atoms with E-state index in [0.29, 0.717) is 12.3 Å². The molecule has 1 nitrogen and oxygen atoms in total. The Morgan fingerprint density at radius 3 is 2.60 bits per heavy atom. The van der Waals surface area contributed by atoms with Gasteiger partial charge in [0.15, 0.2) is 0 Å². The molecule has 0 spiro atoms. The van der Waals surface area contributed by atoms with Crippen LogP contribution in [0.2, 0.25) is 0 Å². The normalized spacial score (nSPS) is 16.4. The zero-order valence-electron chi connectivity index (χ0n) is 14.8. The highest BCUT2D eigenvalue weighted by atomic mass is 14.4. The van der Waals surface area contributed by atoms with Crippen LogP contribution in [-0.2, 0) is 6.42 Å². The quantitative estimate of drug-likeness (QED) is 0.546. The Labute approximate surface area is 149 Å². The lowest BCUT2D eigenvalue weighted by Gasteiger charge is -2.25. The summed E-state index contributed by atoms with van der Waals surface area (Å²) in [7, 11) is 0. The molecule has 25 heavy (non-hydrogen) atoms. The van der Waals surface area contributed by atoms with Gasteiger partial charge in [-0.2, -0.15) is 0 Å². The summed E-state index contributed by atoms with van der Waals surface area (Å²) in [6.45, 7) is 4.42. The van der Waals surface area contributed by atoms with Crippen molar-refractivity contribution in [2.45, 2.75) is 32.6 Å². The average Bonchev–Trinajstić information content (AvgIpc) is 2.63. The minimum Gasteiger partial charge on any atom is -0.304 e. The van der Waals surface area contributed by atoms with Crippen molar-refractivity contribution in [2.75, 3.05) is 0 Å². The first-order valence-electron chi connectivity index (χ1n) is 8.99. The number of benzene rings is 3. The molecule has 0 aromatic heterocycles. The van der Waals surface area contributed by atoms with Crippen LogP contribution in [0.1, 0.15) is 41.5 Å². The van der Waals surface area contributed by atoms with Gasteiger partial charge >= 0.3 is 0 Å². The molecule has 1 N–H and O–H groups in total.